The van der Waals surface area contributed by atoms with Crippen LogP contribution in [-0.2, 0) is 48.9 Å². The Morgan fingerprint density at radius 3 is 0.708 bits per heavy atom. The standard InChI is InChI=1S/2C6H8O4.Cl2O.Hf/c2*1-3(5(7)8)4(2)6(9)10;1-3-2;/h2*1-2H3,(H,7,8)(H,9,10);;/q;;;+4/p-4/b2*4-3+;;. The Morgan fingerprint density at radius 2 is 0.667 bits per heavy atom. The normalized spacial score (nSPS) is 10.9. The van der Waals surface area contributed by atoms with E-state index < -0.39 is 23.9 Å². The number of carbonyl (C=O) groups is 4. The summed E-state index contributed by atoms with van der Waals surface area (Å²) >= 11 is 8.53. The van der Waals surface area contributed by atoms with Crippen LogP contribution in [0, 0.1) is 0 Å². The molecule has 0 aliphatic heterocycles. The van der Waals surface area contributed by atoms with Gasteiger partial charge in [0.15, 0.2) is 0 Å². The average molecular weight is 550 g/mol. The van der Waals surface area contributed by atoms with Crippen LogP contribution < -0.4 is 20.4 Å². The SMILES string of the molecule is C/C(C(=O)[O-])=C(/C)C(=O)[O-].C/C(C(=O)[O-])=C(/C)C(=O)[O-].ClOCl.[Hf+4]. The van der Waals surface area contributed by atoms with Gasteiger partial charge in [0.05, 0.1) is 47.6 Å². The second kappa shape index (κ2) is 16.6. The zero-order valence-corrected chi connectivity index (χ0v) is 18.0. The van der Waals surface area contributed by atoms with Gasteiger partial charge in [-0.2, -0.15) is 3.84 Å². The van der Waals surface area contributed by atoms with Gasteiger partial charge in [-0.3, -0.25) is 0 Å². The van der Waals surface area contributed by atoms with Crippen molar-refractivity contribution >= 4 is 47.6 Å². The third-order valence-electron chi connectivity index (χ3n) is 2.35. The molecule has 0 unspecified atom stereocenters. The molecule has 12 heteroatoms. The van der Waals surface area contributed by atoms with E-state index in [1.807, 2.05) is 0 Å². The van der Waals surface area contributed by atoms with E-state index in [0.29, 0.717) is 0 Å². The quantitative estimate of drug-likeness (QED) is 0.261. The van der Waals surface area contributed by atoms with Crippen LogP contribution in [0.25, 0.3) is 0 Å². The van der Waals surface area contributed by atoms with E-state index in [-0.39, 0.29) is 48.1 Å². The maximum atomic E-state index is 9.99. The number of hydrogen-bond donors (Lipinski definition) is 0. The average Bonchev–Trinajstić information content (AvgIpc) is 2.44. The summed E-state index contributed by atoms with van der Waals surface area (Å²) in [6.45, 7) is 4.61. The van der Waals surface area contributed by atoms with Crippen LogP contribution in [0.3, 0.4) is 0 Å². The van der Waals surface area contributed by atoms with Crippen molar-refractivity contribution in [1.82, 2.24) is 0 Å². The van der Waals surface area contributed by atoms with Crippen LogP contribution in [0.15, 0.2) is 22.3 Å². The third kappa shape index (κ3) is 15.7. The number of hydrogen-bond acceptors (Lipinski definition) is 9. The van der Waals surface area contributed by atoms with Gasteiger partial charge >= 0.3 is 25.8 Å². The van der Waals surface area contributed by atoms with E-state index in [9.17, 15) is 39.6 Å². The molecule has 0 aromatic carbocycles. The number of carbonyl (C=O) groups excluding carboxylic acids is 4. The first-order valence-electron chi connectivity index (χ1n) is 5.44. The molecule has 132 valence electrons. The van der Waals surface area contributed by atoms with E-state index >= 15 is 0 Å². The molecule has 0 rings (SSSR count). The summed E-state index contributed by atoms with van der Waals surface area (Å²) in [7, 11) is 0. The molecule has 0 aliphatic carbocycles. The Hall–Kier alpha value is -1.23. The molecule has 0 aliphatic rings. The van der Waals surface area contributed by atoms with E-state index in [4.69, 9.17) is 0 Å². The molecule has 0 atom stereocenters. The van der Waals surface area contributed by atoms with Crippen LogP contribution in [-0.4, -0.2) is 23.9 Å². The zero-order valence-electron chi connectivity index (χ0n) is 12.9. The Bertz CT molecular complexity index is 437. The van der Waals surface area contributed by atoms with Crippen molar-refractivity contribution in [2.45, 2.75) is 27.7 Å². The fraction of sp³-hybridized carbons (Fsp3) is 0.333. The first kappa shape index (κ1) is 30.6. The van der Waals surface area contributed by atoms with E-state index in [1.165, 1.54) is 0 Å². The van der Waals surface area contributed by atoms with Gasteiger partial charge in [0.2, 0.25) is 0 Å². The molecule has 0 aromatic heterocycles. The van der Waals surface area contributed by atoms with Gasteiger partial charge in [-0.25, -0.2) is 0 Å². The van der Waals surface area contributed by atoms with Crippen LogP contribution >= 0.6 is 23.7 Å². The van der Waals surface area contributed by atoms with Crippen molar-refractivity contribution in [3.63, 3.8) is 0 Å². The first-order chi connectivity index (χ1) is 10.3. The number of halogens is 2. The monoisotopic (exact) mass is 550 g/mol. The molecule has 0 spiro atoms. The van der Waals surface area contributed by atoms with Crippen LogP contribution in [0.2, 0.25) is 0 Å². The maximum Gasteiger partial charge on any atom is 4.00 e. The van der Waals surface area contributed by atoms with Gasteiger partial charge in [0, 0.05) is 0 Å². The van der Waals surface area contributed by atoms with Crippen molar-refractivity contribution < 1.29 is 69.3 Å². The minimum atomic E-state index is -1.48. The van der Waals surface area contributed by atoms with Gasteiger partial charge in [0.25, 0.3) is 0 Å². The van der Waals surface area contributed by atoms with Crippen molar-refractivity contribution in [3.8, 4) is 0 Å². The van der Waals surface area contributed by atoms with Crippen LogP contribution in [0.4, 0.5) is 0 Å². The second-order valence-corrected chi connectivity index (χ2v) is 4.17. The van der Waals surface area contributed by atoms with E-state index in [0.717, 1.165) is 27.7 Å². The fourth-order valence-corrected chi connectivity index (χ4v) is 0.612. The molecule has 0 radical (unpaired) electrons. The van der Waals surface area contributed by atoms with Crippen molar-refractivity contribution in [2.75, 3.05) is 0 Å². The molecule has 0 heterocycles. The van der Waals surface area contributed by atoms with Crippen LogP contribution in [0.5, 0.6) is 0 Å². The number of carboxylic acid groups (broad SMARTS) is 4. The second-order valence-electron chi connectivity index (χ2n) is 3.71. The minimum absolute atomic E-state index is 0. The summed E-state index contributed by atoms with van der Waals surface area (Å²) in [4.78, 5) is 39.9. The molecule has 24 heavy (non-hydrogen) atoms. The van der Waals surface area contributed by atoms with Crippen LogP contribution in [0.1, 0.15) is 27.7 Å². The Balaban J connectivity index is -0.000000138. The molecule has 0 aromatic rings. The first-order valence-corrected chi connectivity index (χ1v) is 6.06. The Kier molecular flexibility index (Phi) is 21.2. The van der Waals surface area contributed by atoms with Gasteiger partial charge < -0.3 is 39.6 Å². The third-order valence-corrected chi connectivity index (χ3v) is 2.35. The Labute approximate surface area is 166 Å². The minimum Gasteiger partial charge on any atom is -0.545 e. The topological polar surface area (TPSA) is 170 Å². The summed E-state index contributed by atoms with van der Waals surface area (Å²) in [6, 6.07) is 0. The molecular formula is C12H12Cl2HfO9. The molecule has 0 bridgehead atoms. The predicted molar refractivity (Wildman–Crippen MR) is 69.6 cm³/mol. The zero-order chi connectivity index (χ0) is 19.3. The molecule has 0 N–H and O–H groups in total. The van der Waals surface area contributed by atoms with Crippen molar-refractivity contribution in [2.24, 2.45) is 0 Å². The summed E-state index contributed by atoms with van der Waals surface area (Å²) in [5.41, 5.74) is -1.22. The number of aliphatic carboxylic acids is 4. The maximum absolute atomic E-state index is 9.99. The van der Waals surface area contributed by atoms with E-state index in [2.05, 4.69) is 27.6 Å². The summed E-state index contributed by atoms with van der Waals surface area (Å²) in [5, 5.41) is 39.9. The molecular weight excluding hydrogens is 538 g/mol. The molecule has 9 nitrogen and oxygen atoms in total. The van der Waals surface area contributed by atoms with Crippen molar-refractivity contribution in [3.05, 3.63) is 22.3 Å². The smallest absolute Gasteiger partial charge is 0.545 e. The van der Waals surface area contributed by atoms with Gasteiger partial charge in [0.1, 0.15) is 0 Å². The van der Waals surface area contributed by atoms with Gasteiger partial charge in [-0.05, 0) is 50.0 Å². The molecule has 0 amide bonds. The number of carboxylic acids is 4. The largest absolute Gasteiger partial charge is 4.00 e. The van der Waals surface area contributed by atoms with Gasteiger partial charge in [-0.1, -0.05) is 0 Å². The molecule has 0 saturated heterocycles. The fourth-order valence-electron chi connectivity index (χ4n) is 0.612. The molecule has 0 fully saturated rings. The number of rotatable bonds is 4. The van der Waals surface area contributed by atoms with Crippen molar-refractivity contribution in [1.29, 1.82) is 0 Å². The Morgan fingerprint density at radius 1 is 0.583 bits per heavy atom. The summed E-state index contributed by atoms with van der Waals surface area (Å²) in [5.74, 6) is -5.94. The summed E-state index contributed by atoms with van der Waals surface area (Å²) < 4.78 is 3.19. The predicted octanol–water partition coefficient (Wildman–Crippen LogP) is -3.05. The summed E-state index contributed by atoms with van der Waals surface area (Å²) in [6.07, 6.45) is 0. The molecule has 0 saturated carbocycles. The van der Waals surface area contributed by atoms with E-state index in [1.54, 1.807) is 0 Å². The van der Waals surface area contributed by atoms with Gasteiger partial charge in [-0.15, -0.1) is 0 Å².